The summed E-state index contributed by atoms with van der Waals surface area (Å²) in [5.41, 5.74) is 8.82. The topological polar surface area (TPSA) is 84.3 Å². The molecule has 0 atom stereocenters. The summed E-state index contributed by atoms with van der Waals surface area (Å²) in [5.74, 6) is -0.167. The van der Waals surface area contributed by atoms with E-state index in [2.05, 4.69) is 32.3 Å². The Balaban J connectivity index is 1.27. The predicted molar refractivity (Wildman–Crippen MR) is 113 cm³/mol. The van der Waals surface area contributed by atoms with Crippen molar-refractivity contribution in [3.8, 4) is 5.69 Å². The van der Waals surface area contributed by atoms with Gasteiger partial charge in [-0.3, -0.25) is 15.6 Å². The van der Waals surface area contributed by atoms with Crippen LogP contribution in [0.3, 0.4) is 0 Å². The molecule has 9 heteroatoms. The zero-order chi connectivity index (χ0) is 20.1. The molecule has 0 unspecified atom stereocenters. The van der Waals surface area contributed by atoms with E-state index in [0.29, 0.717) is 18.9 Å². The van der Waals surface area contributed by atoms with Gasteiger partial charge in [0.05, 0.1) is 37.4 Å². The number of hydrogen-bond acceptors (Lipinski definition) is 7. The van der Waals surface area contributed by atoms with Gasteiger partial charge in [-0.05, 0) is 17.7 Å². The Kier molecular flexibility index (Phi) is 5.87. The van der Waals surface area contributed by atoms with E-state index >= 15 is 0 Å². The van der Waals surface area contributed by atoms with Crippen LogP contribution in [-0.2, 0) is 16.0 Å². The minimum Gasteiger partial charge on any atom is -0.378 e. The average Bonchev–Trinajstić information content (AvgIpc) is 3.45. The second-order valence-corrected chi connectivity index (χ2v) is 7.40. The van der Waals surface area contributed by atoms with Gasteiger partial charge in [0, 0.05) is 36.6 Å². The number of hydrogen-bond donors (Lipinski definition) is 2. The highest BCUT2D eigenvalue weighted by Crippen LogP contribution is 2.21. The van der Waals surface area contributed by atoms with Crippen LogP contribution in [-0.4, -0.2) is 46.7 Å². The van der Waals surface area contributed by atoms with Crippen molar-refractivity contribution < 1.29 is 9.53 Å². The van der Waals surface area contributed by atoms with Crippen molar-refractivity contribution in [1.82, 2.24) is 25.4 Å². The first-order valence-corrected chi connectivity index (χ1v) is 10.2. The molecule has 1 amide bonds. The Labute approximate surface area is 172 Å². The molecule has 0 saturated carbocycles. The average molecular weight is 411 g/mol. The van der Waals surface area contributed by atoms with Crippen LogP contribution in [0, 0.1) is 0 Å². The fraction of sp³-hybridized carbons (Fsp3) is 0.250. The number of imidazole rings is 1. The molecule has 2 aromatic heterocycles. The molecule has 1 aliphatic heterocycles. The smallest absolute Gasteiger partial charge is 0.244 e. The SMILES string of the molecule is C=C(NNC(=O)Cc1csc(N2CCOCC2)n1)c1ccc(-n2ccnc2)cc1. The minimum atomic E-state index is -0.167. The zero-order valence-electron chi connectivity index (χ0n) is 15.9. The molecule has 0 aliphatic carbocycles. The molecule has 1 aliphatic rings. The van der Waals surface area contributed by atoms with Gasteiger partial charge in [-0.1, -0.05) is 18.7 Å². The molecule has 1 saturated heterocycles. The molecule has 29 heavy (non-hydrogen) atoms. The van der Waals surface area contributed by atoms with Gasteiger partial charge in [-0.2, -0.15) is 0 Å². The monoisotopic (exact) mass is 410 g/mol. The fourth-order valence-corrected chi connectivity index (χ4v) is 3.83. The van der Waals surface area contributed by atoms with Crippen LogP contribution in [0.1, 0.15) is 11.3 Å². The molecule has 1 aromatic carbocycles. The summed E-state index contributed by atoms with van der Waals surface area (Å²) in [6, 6.07) is 7.81. The Hall–Kier alpha value is -3.17. The number of carbonyl (C=O) groups excluding carboxylic acids is 1. The van der Waals surface area contributed by atoms with Gasteiger partial charge in [-0.25, -0.2) is 9.97 Å². The second-order valence-electron chi connectivity index (χ2n) is 6.57. The standard InChI is InChI=1S/C20H22N6O2S/c1-15(16-2-4-18(5-3-16)26-7-6-21-14-26)23-24-19(27)12-17-13-29-20(22-17)25-8-10-28-11-9-25/h2-7,13-14,23H,1,8-12H2,(H,24,27). The van der Waals surface area contributed by atoms with E-state index in [1.54, 1.807) is 23.9 Å². The summed E-state index contributed by atoms with van der Waals surface area (Å²) >= 11 is 1.55. The van der Waals surface area contributed by atoms with Gasteiger partial charge >= 0.3 is 0 Å². The number of aromatic nitrogens is 3. The van der Waals surface area contributed by atoms with Crippen molar-refractivity contribution in [2.45, 2.75) is 6.42 Å². The molecule has 0 bridgehead atoms. The van der Waals surface area contributed by atoms with Gasteiger partial charge < -0.3 is 14.2 Å². The summed E-state index contributed by atoms with van der Waals surface area (Å²) in [6.07, 6.45) is 5.56. The second kappa shape index (κ2) is 8.89. The predicted octanol–water partition coefficient (Wildman–Crippen LogP) is 2.00. The Morgan fingerprint density at radius 1 is 1.21 bits per heavy atom. The lowest BCUT2D eigenvalue weighted by molar-refractivity contribution is -0.121. The Bertz CT molecular complexity index is 961. The third-order valence-electron chi connectivity index (χ3n) is 4.53. The normalized spacial score (nSPS) is 13.9. The lowest BCUT2D eigenvalue weighted by Crippen LogP contribution is -2.37. The van der Waals surface area contributed by atoms with E-state index in [-0.39, 0.29) is 12.3 Å². The number of morpholine rings is 1. The first kappa shape index (κ1) is 19.2. The molecule has 2 N–H and O–H groups in total. The van der Waals surface area contributed by atoms with Crippen molar-refractivity contribution in [2.24, 2.45) is 0 Å². The molecule has 3 heterocycles. The number of amides is 1. The quantitative estimate of drug-likeness (QED) is 0.580. The van der Waals surface area contributed by atoms with E-state index in [1.807, 2.05) is 40.4 Å². The lowest BCUT2D eigenvalue weighted by atomic mass is 10.1. The van der Waals surface area contributed by atoms with Crippen LogP contribution in [0.15, 0.2) is 54.9 Å². The van der Waals surface area contributed by atoms with E-state index in [4.69, 9.17) is 4.74 Å². The highest BCUT2D eigenvalue weighted by atomic mass is 32.1. The largest absolute Gasteiger partial charge is 0.378 e. The van der Waals surface area contributed by atoms with Gasteiger partial charge in [0.25, 0.3) is 0 Å². The molecule has 0 radical (unpaired) electrons. The zero-order valence-corrected chi connectivity index (χ0v) is 16.7. The highest BCUT2D eigenvalue weighted by molar-refractivity contribution is 7.13. The van der Waals surface area contributed by atoms with E-state index in [9.17, 15) is 4.79 Å². The van der Waals surface area contributed by atoms with Gasteiger partial charge in [-0.15, -0.1) is 11.3 Å². The number of rotatable bonds is 7. The molecule has 150 valence electrons. The summed E-state index contributed by atoms with van der Waals surface area (Å²) < 4.78 is 7.28. The minimum absolute atomic E-state index is 0.167. The fourth-order valence-electron chi connectivity index (χ4n) is 2.95. The van der Waals surface area contributed by atoms with Crippen molar-refractivity contribution in [3.63, 3.8) is 0 Å². The summed E-state index contributed by atoms with van der Waals surface area (Å²) in [4.78, 5) is 23.0. The maximum absolute atomic E-state index is 12.2. The third kappa shape index (κ3) is 4.82. The highest BCUT2D eigenvalue weighted by Gasteiger charge is 2.15. The number of thiazole rings is 1. The molecular weight excluding hydrogens is 388 g/mol. The summed E-state index contributed by atoms with van der Waals surface area (Å²) in [6.45, 7) is 7.08. The maximum Gasteiger partial charge on any atom is 0.244 e. The number of nitrogens with zero attached hydrogens (tertiary/aromatic N) is 4. The van der Waals surface area contributed by atoms with Gasteiger partial charge in [0.1, 0.15) is 0 Å². The molecule has 4 rings (SSSR count). The van der Waals surface area contributed by atoms with E-state index < -0.39 is 0 Å². The van der Waals surface area contributed by atoms with Crippen LogP contribution in [0.4, 0.5) is 5.13 Å². The van der Waals surface area contributed by atoms with Crippen LogP contribution in [0.25, 0.3) is 11.4 Å². The van der Waals surface area contributed by atoms with Crippen LogP contribution < -0.4 is 15.8 Å². The first-order valence-electron chi connectivity index (χ1n) is 9.29. The van der Waals surface area contributed by atoms with Crippen LogP contribution in [0.2, 0.25) is 0 Å². The van der Waals surface area contributed by atoms with Crippen molar-refractivity contribution in [1.29, 1.82) is 0 Å². The number of hydrazine groups is 1. The molecule has 0 spiro atoms. The van der Waals surface area contributed by atoms with Crippen molar-refractivity contribution in [3.05, 3.63) is 66.2 Å². The number of ether oxygens (including phenoxy) is 1. The van der Waals surface area contributed by atoms with Gasteiger partial charge in [0.15, 0.2) is 5.13 Å². The third-order valence-corrected chi connectivity index (χ3v) is 5.48. The van der Waals surface area contributed by atoms with E-state index in [0.717, 1.165) is 35.2 Å². The molecule has 8 nitrogen and oxygen atoms in total. The first-order chi connectivity index (χ1) is 14.2. The van der Waals surface area contributed by atoms with Crippen LogP contribution in [0.5, 0.6) is 0 Å². The van der Waals surface area contributed by atoms with Crippen LogP contribution >= 0.6 is 11.3 Å². The lowest BCUT2D eigenvalue weighted by Gasteiger charge is -2.26. The molecule has 3 aromatic rings. The summed E-state index contributed by atoms with van der Waals surface area (Å²) in [7, 11) is 0. The Morgan fingerprint density at radius 3 is 2.72 bits per heavy atom. The number of anilines is 1. The van der Waals surface area contributed by atoms with E-state index in [1.165, 1.54) is 0 Å². The van der Waals surface area contributed by atoms with Crippen molar-refractivity contribution >= 4 is 28.1 Å². The van der Waals surface area contributed by atoms with Gasteiger partial charge in [0.2, 0.25) is 5.91 Å². The molecule has 1 fully saturated rings. The molecular formula is C20H22N6O2S. The maximum atomic E-state index is 12.2. The van der Waals surface area contributed by atoms with Crippen molar-refractivity contribution in [2.75, 3.05) is 31.2 Å². The Morgan fingerprint density at radius 2 is 2.00 bits per heavy atom. The summed E-state index contributed by atoms with van der Waals surface area (Å²) in [5, 5.41) is 2.86. The number of carbonyl (C=O) groups is 1. The number of nitrogens with one attached hydrogen (secondary N) is 2. The number of benzene rings is 1.